The topological polar surface area (TPSA) is 85.2 Å². The molecule has 1 aliphatic carbocycles. The van der Waals surface area contributed by atoms with E-state index in [1.54, 1.807) is 12.1 Å². The van der Waals surface area contributed by atoms with Gasteiger partial charge in [0, 0.05) is 19.1 Å². The first-order valence-electron chi connectivity index (χ1n) is 7.61. The molecule has 0 radical (unpaired) electrons. The molecule has 1 aromatic heterocycles. The molecule has 2 aromatic rings. The first-order valence-corrected chi connectivity index (χ1v) is 8.43. The number of anilines is 1. The Morgan fingerprint density at radius 3 is 3.04 bits per heavy atom. The van der Waals surface area contributed by atoms with Crippen LogP contribution in [0.2, 0.25) is 0 Å². The smallest absolute Gasteiger partial charge is 0.274 e. The van der Waals surface area contributed by atoms with Crippen LogP contribution in [0.25, 0.3) is 10.4 Å². The lowest BCUT2D eigenvalue weighted by Gasteiger charge is -2.26. The molecule has 3 atom stereocenters. The molecular formula is C16H17FN4OS. The lowest BCUT2D eigenvalue weighted by atomic mass is 10.1. The van der Waals surface area contributed by atoms with Crippen LogP contribution in [0, 0.1) is 17.7 Å². The van der Waals surface area contributed by atoms with Gasteiger partial charge in [0.1, 0.15) is 11.5 Å². The standard InChI is InChI=1S/C16H17FN4OS/c17-10-3-1-2-8(4-10)14-13(20-16(19)23-14)15(22)21-7-9-5-11(9)12(21)6-18/h1-4,9,11-12H,5-7,18H2,(H2,19,20)/t9?,11-,12?/m0/s1. The summed E-state index contributed by atoms with van der Waals surface area (Å²) in [6.07, 6.45) is 1.15. The Hall–Kier alpha value is -1.99. The lowest BCUT2D eigenvalue weighted by molar-refractivity contribution is 0.0708. The molecule has 4 N–H and O–H groups in total. The molecule has 1 saturated heterocycles. The summed E-state index contributed by atoms with van der Waals surface area (Å²) >= 11 is 1.21. The molecule has 120 valence electrons. The van der Waals surface area contributed by atoms with Gasteiger partial charge >= 0.3 is 0 Å². The highest BCUT2D eigenvalue weighted by molar-refractivity contribution is 7.19. The predicted octanol–water partition coefficient (Wildman–Crippen LogP) is 1.95. The van der Waals surface area contributed by atoms with Crippen LogP contribution in [0.4, 0.5) is 9.52 Å². The molecular weight excluding hydrogens is 315 g/mol. The lowest BCUT2D eigenvalue weighted by Crippen LogP contribution is -2.43. The Morgan fingerprint density at radius 1 is 1.48 bits per heavy atom. The average molecular weight is 332 g/mol. The fourth-order valence-corrected chi connectivity index (χ4v) is 4.37. The molecule has 2 unspecified atom stereocenters. The number of nitrogens with zero attached hydrogens (tertiary/aromatic N) is 2. The van der Waals surface area contributed by atoms with Crippen LogP contribution in [0.15, 0.2) is 24.3 Å². The molecule has 1 saturated carbocycles. The summed E-state index contributed by atoms with van der Waals surface area (Å²) in [7, 11) is 0. The van der Waals surface area contributed by atoms with Crippen molar-refractivity contribution in [3.8, 4) is 10.4 Å². The van der Waals surface area contributed by atoms with Crippen LogP contribution in [-0.4, -0.2) is 34.9 Å². The van der Waals surface area contributed by atoms with Crippen LogP contribution >= 0.6 is 11.3 Å². The van der Waals surface area contributed by atoms with Crippen molar-refractivity contribution in [3.05, 3.63) is 35.8 Å². The summed E-state index contributed by atoms with van der Waals surface area (Å²) in [5.41, 5.74) is 12.6. The minimum Gasteiger partial charge on any atom is -0.375 e. The van der Waals surface area contributed by atoms with Gasteiger partial charge in [-0.25, -0.2) is 9.37 Å². The number of likely N-dealkylation sites (tertiary alicyclic amines) is 1. The SMILES string of the molecule is NCC1[C@H]2CC2CN1C(=O)c1nc(N)sc1-c1cccc(F)c1. The second kappa shape index (κ2) is 5.28. The summed E-state index contributed by atoms with van der Waals surface area (Å²) in [5.74, 6) is 0.591. The summed E-state index contributed by atoms with van der Waals surface area (Å²) in [4.78, 5) is 19.6. The number of carbonyl (C=O) groups excluding carboxylic acids is 1. The van der Waals surface area contributed by atoms with Gasteiger partial charge in [-0.15, -0.1) is 0 Å². The number of thiazole rings is 1. The monoisotopic (exact) mass is 332 g/mol. The third-order valence-corrected chi connectivity index (χ3v) is 5.67. The van der Waals surface area contributed by atoms with Crippen molar-refractivity contribution in [1.29, 1.82) is 0 Å². The number of aromatic nitrogens is 1. The van der Waals surface area contributed by atoms with Crippen molar-refractivity contribution in [3.63, 3.8) is 0 Å². The van der Waals surface area contributed by atoms with E-state index < -0.39 is 0 Å². The van der Waals surface area contributed by atoms with Crippen LogP contribution in [-0.2, 0) is 0 Å². The molecule has 7 heteroatoms. The van der Waals surface area contributed by atoms with E-state index in [0.717, 1.165) is 13.0 Å². The summed E-state index contributed by atoms with van der Waals surface area (Å²) in [6, 6.07) is 6.22. The number of fused-ring (bicyclic) bond motifs is 1. The number of benzene rings is 1. The van der Waals surface area contributed by atoms with Crippen molar-refractivity contribution in [2.75, 3.05) is 18.8 Å². The largest absolute Gasteiger partial charge is 0.375 e. The van der Waals surface area contributed by atoms with E-state index in [2.05, 4.69) is 4.98 Å². The van der Waals surface area contributed by atoms with E-state index in [1.165, 1.54) is 23.5 Å². The number of halogens is 1. The molecule has 1 amide bonds. The van der Waals surface area contributed by atoms with Crippen molar-refractivity contribution in [2.24, 2.45) is 17.6 Å². The van der Waals surface area contributed by atoms with Crippen molar-refractivity contribution < 1.29 is 9.18 Å². The number of rotatable bonds is 3. The van der Waals surface area contributed by atoms with Gasteiger partial charge < -0.3 is 16.4 Å². The maximum atomic E-state index is 13.5. The third kappa shape index (κ3) is 2.40. The zero-order valence-corrected chi connectivity index (χ0v) is 13.2. The number of hydrogen-bond acceptors (Lipinski definition) is 5. The molecule has 0 spiro atoms. The van der Waals surface area contributed by atoms with Crippen LogP contribution < -0.4 is 11.5 Å². The van der Waals surface area contributed by atoms with E-state index in [9.17, 15) is 9.18 Å². The zero-order valence-electron chi connectivity index (χ0n) is 12.4. The molecule has 1 aliphatic heterocycles. The van der Waals surface area contributed by atoms with Gasteiger partial charge in [0.2, 0.25) is 0 Å². The van der Waals surface area contributed by atoms with E-state index in [4.69, 9.17) is 11.5 Å². The van der Waals surface area contributed by atoms with E-state index in [1.807, 2.05) is 4.90 Å². The van der Waals surface area contributed by atoms with E-state index >= 15 is 0 Å². The molecule has 2 fully saturated rings. The normalized spacial score (nSPS) is 25.5. The van der Waals surface area contributed by atoms with Crippen molar-refractivity contribution >= 4 is 22.4 Å². The molecule has 4 rings (SSSR count). The molecule has 2 heterocycles. The van der Waals surface area contributed by atoms with Crippen molar-refractivity contribution in [2.45, 2.75) is 12.5 Å². The number of carbonyl (C=O) groups is 1. The quantitative estimate of drug-likeness (QED) is 0.899. The summed E-state index contributed by atoms with van der Waals surface area (Å²) < 4.78 is 13.5. The Kier molecular flexibility index (Phi) is 3.35. The van der Waals surface area contributed by atoms with Crippen LogP contribution in [0.5, 0.6) is 0 Å². The Morgan fingerprint density at radius 2 is 2.30 bits per heavy atom. The minimum atomic E-state index is -0.352. The average Bonchev–Trinajstić information content (AvgIpc) is 3.03. The number of nitrogen functional groups attached to an aromatic ring is 1. The van der Waals surface area contributed by atoms with Gasteiger partial charge in [-0.2, -0.15) is 0 Å². The van der Waals surface area contributed by atoms with Crippen LogP contribution in [0.1, 0.15) is 16.9 Å². The van der Waals surface area contributed by atoms with E-state index in [0.29, 0.717) is 39.6 Å². The Labute approximate surface area is 137 Å². The van der Waals surface area contributed by atoms with Gasteiger partial charge in [-0.3, -0.25) is 4.79 Å². The van der Waals surface area contributed by atoms with Gasteiger partial charge in [0.05, 0.1) is 4.88 Å². The van der Waals surface area contributed by atoms with Gasteiger partial charge in [0.15, 0.2) is 5.13 Å². The second-order valence-corrected chi connectivity index (χ2v) is 7.19. The summed E-state index contributed by atoms with van der Waals surface area (Å²) in [6.45, 7) is 1.19. The second-order valence-electron chi connectivity index (χ2n) is 6.16. The van der Waals surface area contributed by atoms with Crippen molar-refractivity contribution in [1.82, 2.24) is 9.88 Å². The minimum absolute atomic E-state index is 0.0794. The maximum absolute atomic E-state index is 13.5. The molecule has 2 aliphatic rings. The van der Waals surface area contributed by atoms with Gasteiger partial charge in [-0.05, 0) is 36.0 Å². The highest BCUT2D eigenvalue weighted by Crippen LogP contribution is 2.49. The molecule has 1 aromatic carbocycles. The fraction of sp³-hybridized carbons (Fsp3) is 0.375. The highest BCUT2D eigenvalue weighted by atomic mass is 32.1. The number of nitrogens with two attached hydrogens (primary N) is 2. The predicted molar refractivity (Wildman–Crippen MR) is 87.4 cm³/mol. The van der Waals surface area contributed by atoms with E-state index in [-0.39, 0.29) is 17.8 Å². The van der Waals surface area contributed by atoms with Gasteiger partial charge in [-0.1, -0.05) is 23.5 Å². The molecule has 0 bridgehead atoms. The van der Waals surface area contributed by atoms with Crippen LogP contribution in [0.3, 0.4) is 0 Å². The van der Waals surface area contributed by atoms with Gasteiger partial charge in [0.25, 0.3) is 5.91 Å². The third-order valence-electron chi connectivity index (χ3n) is 4.74. The zero-order chi connectivity index (χ0) is 16.1. The fourth-order valence-electron chi connectivity index (χ4n) is 3.55. The Balaban J connectivity index is 1.70. The highest BCUT2D eigenvalue weighted by Gasteiger charge is 2.53. The molecule has 5 nitrogen and oxygen atoms in total. The first-order chi connectivity index (χ1) is 11.1. The Bertz CT molecular complexity index is 777. The number of piperidine rings is 1. The maximum Gasteiger partial charge on any atom is 0.274 e. The number of hydrogen-bond donors (Lipinski definition) is 2. The molecule has 23 heavy (non-hydrogen) atoms. The summed E-state index contributed by atoms with van der Waals surface area (Å²) in [5, 5.41) is 0.307. The number of amides is 1. The first kappa shape index (κ1) is 14.6.